The van der Waals surface area contributed by atoms with Crippen molar-refractivity contribution in [1.82, 2.24) is 14.7 Å². The first kappa shape index (κ1) is 19.4. The van der Waals surface area contributed by atoms with Crippen LogP contribution in [0.5, 0.6) is 0 Å². The third kappa shape index (κ3) is 3.93. The van der Waals surface area contributed by atoms with Gasteiger partial charge in [0.1, 0.15) is 0 Å². The van der Waals surface area contributed by atoms with Crippen LogP contribution in [0.25, 0.3) is 5.52 Å². The van der Waals surface area contributed by atoms with Crippen molar-refractivity contribution in [3.63, 3.8) is 0 Å². The number of benzene rings is 2. The minimum atomic E-state index is -0.374. The number of fused-ring (bicyclic) bond motifs is 1. The molecule has 6 heteroatoms. The summed E-state index contributed by atoms with van der Waals surface area (Å²) in [6, 6.07) is 20.7. The van der Waals surface area contributed by atoms with Crippen LogP contribution in [0, 0.1) is 13.8 Å². The van der Waals surface area contributed by atoms with E-state index in [9.17, 15) is 9.59 Å². The monoisotopic (exact) mass is 398 g/mol. The molecule has 0 radical (unpaired) electrons. The van der Waals surface area contributed by atoms with Crippen LogP contribution in [-0.2, 0) is 6.54 Å². The van der Waals surface area contributed by atoms with Crippen LogP contribution in [0.15, 0.2) is 72.9 Å². The molecule has 2 aromatic heterocycles. The molecule has 30 heavy (non-hydrogen) atoms. The largest absolute Gasteiger partial charge is 0.347 e. The lowest BCUT2D eigenvalue weighted by atomic mass is 10.1. The molecule has 0 unspecified atom stereocenters. The number of imidazole rings is 1. The van der Waals surface area contributed by atoms with E-state index in [0.717, 1.165) is 16.7 Å². The summed E-state index contributed by atoms with van der Waals surface area (Å²) in [6.07, 6.45) is 1.73. The van der Waals surface area contributed by atoms with E-state index in [4.69, 9.17) is 0 Å². The average molecular weight is 398 g/mol. The standard InChI is InChI=1S/C24H22N4O2/c1-16-11-12-19(14-17(16)2)26-24(30)22-27-21(20-10-6-7-13-28(20)22)23(29)25-15-18-8-4-3-5-9-18/h3-14H,15H2,1-2H3,(H,25,29)(H,26,30). The van der Waals surface area contributed by atoms with E-state index in [-0.39, 0.29) is 23.3 Å². The number of nitrogens with one attached hydrogen (secondary N) is 2. The third-order valence-corrected chi connectivity index (χ3v) is 5.03. The molecule has 0 atom stereocenters. The van der Waals surface area contributed by atoms with E-state index in [1.165, 1.54) is 0 Å². The van der Waals surface area contributed by atoms with Gasteiger partial charge in [-0.1, -0.05) is 42.5 Å². The Labute approximate surface area is 174 Å². The Balaban J connectivity index is 1.60. The number of pyridine rings is 1. The molecule has 0 aliphatic heterocycles. The maximum absolute atomic E-state index is 12.9. The van der Waals surface area contributed by atoms with Crippen LogP contribution in [-0.4, -0.2) is 21.2 Å². The Morgan fingerprint density at radius 2 is 1.67 bits per heavy atom. The first-order chi connectivity index (χ1) is 14.5. The first-order valence-electron chi connectivity index (χ1n) is 9.71. The van der Waals surface area contributed by atoms with Crippen LogP contribution in [0.4, 0.5) is 5.69 Å². The number of hydrogen-bond donors (Lipinski definition) is 2. The molecule has 2 aromatic carbocycles. The fraction of sp³-hybridized carbons (Fsp3) is 0.125. The molecule has 0 spiro atoms. The summed E-state index contributed by atoms with van der Waals surface area (Å²) in [5, 5.41) is 5.75. The van der Waals surface area contributed by atoms with E-state index in [1.54, 1.807) is 22.7 Å². The summed E-state index contributed by atoms with van der Waals surface area (Å²) in [5.74, 6) is -0.539. The summed E-state index contributed by atoms with van der Waals surface area (Å²) in [6.45, 7) is 4.39. The highest BCUT2D eigenvalue weighted by Gasteiger charge is 2.21. The SMILES string of the molecule is Cc1ccc(NC(=O)c2nc(C(=O)NCc3ccccc3)c3ccccn23)cc1C. The molecule has 0 saturated carbocycles. The number of aryl methyl sites for hydroxylation is 2. The van der Waals surface area contributed by atoms with Crippen LogP contribution in [0.2, 0.25) is 0 Å². The van der Waals surface area contributed by atoms with Crippen molar-refractivity contribution in [3.8, 4) is 0 Å². The number of carbonyl (C=O) groups is 2. The van der Waals surface area contributed by atoms with Crippen LogP contribution < -0.4 is 10.6 Å². The zero-order valence-corrected chi connectivity index (χ0v) is 16.8. The summed E-state index contributed by atoms with van der Waals surface area (Å²) >= 11 is 0. The molecule has 0 bridgehead atoms. The van der Waals surface area contributed by atoms with Crippen molar-refractivity contribution in [2.24, 2.45) is 0 Å². The van der Waals surface area contributed by atoms with Gasteiger partial charge in [-0.3, -0.25) is 14.0 Å². The van der Waals surface area contributed by atoms with Gasteiger partial charge in [0.25, 0.3) is 11.8 Å². The van der Waals surface area contributed by atoms with Gasteiger partial charge in [0, 0.05) is 18.4 Å². The molecule has 6 nitrogen and oxygen atoms in total. The predicted molar refractivity (Wildman–Crippen MR) is 117 cm³/mol. The molecular formula is C24H22N4O2. The number of rotatable bonds is 5. The molecule has 0 aliphatic carbocycles. The summed E-state index contributed by atoms with van der Waals surface area (Å²) in [5.41, 5.74) is 4.70. The molecule has 0 saturated heterocycles. The van der Waals surface area contributed by atoms with E-state index < -0.39 is 0 Å². The fourth-order valence-corrected chi connectivity index (χ4v) is 3.23. The van der Waals surface area contributed by atoms with E-state index >= 15 is 0 Å². The second-order valence-corrected chi connectivity index (χ2v) is 7.16. The molecule has 4 rings (SSSR count). The Morgan fingerprint density at radius 1 is 0.900 bits per heavy atom. The quantitative estimate of drug-likeness (QED) is 0.531. The Hall–Kier alpha value is -3.93. The van der Waals surface area contributed by atoms with Gasteiger partial charge in [0.2, 0.25) is 5.82 Å². The van der Waals surface area contributed by atoms with Crippen molar-refractivity contribution in [2.45, 2.75) is 20.4 Å². The third-order valence-electron chi connectivity index (χ3n) is 5.03. The molecule has 2 heterocycles. The molecule has 4 aromatic rings. The lowest BCUT2D eigenvalue weighted by Crippen LogP contribution is -2.23. The van der Waals surface area contributed by atoms with Crippen molar-refractivity contribution in [2.75, 3.05) is 5.32 Å². The van der Waals surface area contributed by atoms with Gasteiger partial charge in [-0.25, -0.2) is 4.98 Å². The van der Waals surface area contributed by atoms with Gasteiger partial charge in [-0.15, -0.1) is 0 Å². The van der Waals surface area contributed by atoms with E-state index in [2.05, 4.69) is 15.6 Å². The van der Waals surface area contributed by atoms with Crippen LogP contribution in [0.1, 0.15) is 37.8 Å². The minimum Gasteiger partial charge on any atom is -0.347 e. The Bertz CT molecular complexity index is 1230. The van der Waals surface area contributed by atoms with Gasteiger partial charge in [-0.05, 0) is 54.8 Å². The van der Waals surface area contributed by atoms with Crippen molar-refractivity contribution in [3.05, 3.63) is 101 Å². The fourth-order valence-electron chi connectivity index (χ4n) is 3.23. The highest BCUT2D eigenvalue weighted by atomic mass is 16.2. The van der Waals surface area contributed by atoms with Crippen molar-refractivity contribution in [1.29, 1.82) is 0 Å². The van der Waals surface area contributed by atoms with Crippen molar-refractivity contribution >= 4 is 23.0 Å². The summed E-state index contributed by atoms with van der Waals surface area (Å²) in [7, 11) is 0. The number of amides is 2. The molecule has 2 amide bonds. The highest BCUT2D eigenvalue weighted by Crippen LogP contribution is 2.18. The zero-order valence-electron chi connectivity index (χ0n) is 16.8. The van der Waals surface area contributed by atoms with Crippen LogP contribution in [0.3, 0.4) is 0 Å². The second-order valence-electron chi connectivity index (χ2n) is 7.16. The lowest BCUT2D eigenvalue weighted by molar-refractivity contribution is 0.0948. The van der Waals surface area contributed by atoms with E-state index in [1.807, 2.05) is 68.4 Å². The summed E-state index contributed by atoms with van der Waals surface area (Å²) < 4.78 is 1.63. The van der Waals surface area contributed by atoms with Gasteiger partial charge < -0.3 is 10.6 Å². The normalized spacial score (nSPS) is 10.7. The Kier molecular flexibility index (Phi) is 5.30. The molecule has 150 valence electrons. The maximum Gasteiger partial charge on any atom is 0.292 e. The van der Waals surface area contributed by atoms with E-state index in [0.29, 0.717) is 17.7 Å². The van der Waals surface area contributed by atoms with Gasteiger partial charge in [0.05, 0.1) is 5.52 Å². The molecule has 2 N–H and O–H groups in total. The lowest BCUT2D eigenvalue weighted by Gasteiger charge is -2.07. The van der Waals surface area contributed by atoms with Crippen molar-refractivity contribution < 1.29 is 9.59 Å². The Morgan fingerprint density at radius 3 is 2.43 bits per heavy atom. The highest BCUT2D eigenvalue weighted by molar-refractivity contribution is 6.06. The van der Waals surface area contributed by atoms with Crippen LogP contribution >= 0.6 is 0 Å². The summed E-state index contributed by atoms with van der Waals surface area (Å²) in [4.78, 5) is 30.1. The average Bonchev–Trinajstić information content (AvgIpc) is 3.15. The van der Waals surface area contributed by atoms with Gasteiger partial charge in [0.15, 0.2) is 5.69 Å². The molecular weight excluding hydrogens is 376 g/mol. The van der Waals surface area contributed by atoms with Gasteiger partial charge in [-0.2, -0.15) is 0 Å². The van der Waals surface area contributed by atoms with Gasteiger partial charge >= 0.3 is 0 Å². The molecule has 0 aliphatic rings. The number of carbonyl (C=O) groups excluding carboxylic acids is 2. The number of hydrogen-bond acceptors (Lipinski definition) is 3. The zero-order chi connectivity index (χ0) is 21.1. The number of nitrogens with zero attached hydrogens (tertiary/aromatic N) is 2. The topological polar surface area (TPSA) is 75.5 Å². The first-order valence-corrected chi connectivity index (χ1v) is 9.71. The number of anilines is 1. The smallest absolute Gasteiger partial charge is 0.292 e. The second kappa shape index (κ2) is 8.21. The maximum atomic E-state index is 12.9. The number of aromatic nitrogens is 2. The molecule has 0 fully saturated rings. The predicted octanol–water partition coefficient (Wildman–Crippen LogP) is 4.13. The minimum absolute atomic E-state index is 0.161.